The van der Waals surface area contributed by atoms with Crippen molar-refractivity contribution in [2.75, 3.05) is 6.54 Å². The Labute approximate surface area is 108 Å². The van der Waals surface area contributed by atoms with Gasteiger partial charge in [0.1, 0.15) is 0 Å². The van der Waals surface area contributed by atoms with Crippen LogP contribution >= 0.6 is 11.3 Å². The summed E-state index contributed by atoms with van der Waals surface area (Å²) in [6, 6.07) is 0.565. The van der Waals surface area contributed by atoms with Crippen LogP contribution in [0.3, 0.4) is 0 Å². The lowest BCUT2D eigenvalue weighted by Gasteiger charge is -2.20. The molecule has 2 nitrogen and oxygen atoms in total. The summed E-state index contributed by atoms with van der Waals surface area (Å²) in [7, 11) is 0. The highest BCUT2D eigenvalue weighted by molar-refractivity contribution is 7.09. The van der Waals surface area contributed by atoms with Crippen LogP contribution in [0, 0.1) is 0 Å². The van der Waals surface area contributed by atoms with E-state index in [1.54, 1.807) is 16.9 Å². The van der Waals surface area contributed by atoms with E-state index in [1.807, 2.05) is 6.20 Å². The second kappa shape index (κ2) is 6.92. The third kappa shape index (κ3) is 4.25. The number of rotatable bonds is 6. The maximum absolute atomic E-state index is 4.39. The monoisotopic (exact) mass is 250 g/mol. The molecule has 1 N–H and O–H groups in total. The van der Waals surface area contributed by atoms with Gasteiger partial charge in [0.05, 0.1) is 5.01 Å². The normalized spacial score (nSPS) is 17.8. The van der Waals surface area contributed by atoms with E-state index in [2.05, 4.69) is 28.7 Å². The number of aromatic nitrogens is 1. The summed E-state index contributed by atoms with van der Waals surface area (Å²) in [5.41, 5.74) is 1.65. The van der Waals surface area contributed by atoms with Crippen LogP contribution in [-0.2, 0) is 6.42 Å². The van der Waals surface area contributed by atoms with Gasteiger partial charge in [-0.05, 0) is 38.6 Å². The second-order valence-corrected chi connectivity index (χ2v) is 5.68. The zero-order chi connectivity index (χ0) is 11.9. The number of nitrogens with one attached hydrogen (secondary N) is 1. The van der Waals surface area contributed by atoms with Crippen molar-refractivity contribution in [1.29, 1.82) is 0 Å². The first-order valence-corrected chi connectivity index (χ1v) is 7.56. The van der Waals surface area contributed by atoms with Crippen LogP contribution in [0.4, 0.5) is 0 Å². The van der Waals surface area contributed by atoms with E-state index in [9.17, 15) is 0 Å². The lowest BCUT2D eigenvalue weighted by Crippen LogP contribution is -2.31. The van der Waals surface area contributed by atoms with Crippen LogP contribution in [0.1, 0.15) is 44.0 Å². The first-order valence-electron chi connectivity index (χ1n) is 6.68. The molecule has 0 saturated heterocycles. The van der Waals surface area contributed by atoms with E-state index in [1.165, 1.54) is 37.1 Å². The summed E-state index contributed by atoms with van der Waals surface area (Å²) in [5, 5.41) is 6.92. The topological polar surface area (TPSA) is 24.9 Å². The maximum atomic E-state index is 4.39. The molecule has 1 atom stereocenters. The molecule has 0 radical (unpaired) electrons. The molecule has 0 aliphatic heterocycles. The molecule has 0 aromatic carbocycles. The van der Waals surface area contributed by atoms with Gasteiger partial charge in [-0.2, -0.15) is 0 Å². The predicted molar refractivity (Wildman–Crippen MR) is 74.5 cm³/mol. The molecule has 0 amide bonds. The fourth-order valence-electron chi connectivity index (χ4n) is 2.48. The average molecular weight is 250 g/mol. The Hall–Kier alpha value is -0.670. The Morgan fingerprint density at radius 2 is 2.35 bits per heavy atom. The highest BCUT2D eigenvalue weighted by Crippen LogP contribution is 2.22. The maximum Gasteiger partial charge on any atom is 0.0940 e. The fraction of sp³-hybridized carbons (Fsp3) is 0.643. The molecule has 2 rings (SSSR count). The van der Waals surface area contributed by atoms with E-state index in [-0.39, 0.29) is 0 Å². The summed E-state index contributed by atoms with van der Waals surface area (Å²) in [4.78, 5) is 4.39. The van der Waals surface area contributed by atoms with E-state index in [0.717, 1.165) is 13.0 Å². The number of allylic oxidation sites excluding steroid dienone is 1. The van der Waals surface area contributed by atoms with E-state index < -0.39 is 0 Å². The first kappa shape index (κ1) is 12.8. The molecule has 0 spiro atoms. The van der Waals surface area contributed by atoms with Gasteiger partial charge < -0.3 is 5.32 Å². The van der Waals surface area contributed by atoms with Gasteiger partial charge in [-0.15, -0.1) is 11.3 Å². The highest BCUT2D eigenvalue weighted by atomic mass is 32.1. The van der Waals surface area contributed by atoms with Crippen molar-refractivity contribution in [1.82, 2.24) is 10.3 Å². The molecule has 1 aromatic heterocycles. The minimum Gasteiger partial charge on any atom is -0.314 e. The van der Waals surface area contributed by atoms with E-state index >= 15 is 0 Å². The largest absolute Gasteiger partial charge is 0.314 e. The van der Waals surface area contributed by atoms with Crippen molar-refractivity contribution in [3.8, 4) is 0 Å². The molecule has 0 fully saturated rings. The predicted octanol–water partition coefficient (Wildman–Crippen LogP) is 3.55. The third-order valence-electron chi connectivity index (χ3n) is 3.29. The third-order valence-corrected chi connectivity index (χ3v) is 4.09. The van der Waals surface area contributed by atoms with Crippen LogP contribution in [0.25, 0.3) is 0 Å². The Bertz CT molecular complexity index is 343. The van der Waals surface area contributed by atoms with Gasteiger partial charge in [0.15, 0.2) is 0 Å². The SMILES string of the molecule is CCNC(CC1=CCCCC1)Cc1nccs1. The van der Waals surface area contributed by atoms with Gasteiger partial charge in [0, 0.05) is 24.0 Å². The molecule has 1 unspecified atom stereocenters. The molecule has 0 bridgehead atoms. The summed E-state index contributed by atoms with van der Waals surface area (Å²) in [5.74, 6) is 0. The molecule has 1 aliphatic carbocycles. The Morgan fingerprint density at radius 3 is 3.00 bits per heavy atom. The molecule has 94 valence electrons. The number of nitrogens with zero attached hydrogens (tertiary/aromatic N) is 1. The zero-order valence-corrected chi connectivity index (χ0v) is 11.4. The lowest BCUT2D eigenvalue weighted by molar-refractivity contribution is 0.503. The van der Waals surface area contributed by atoms with Crippen molar-refractivity contribution >= 4 is 11.3 Å². The molecular weight excluding hydrogens is 228 g/mol. The second-order valence-electron chi connectivity index (χ2n) is 4.70. The number of likely N-dealkylation sites (N-methyl/N-ethyl adjacent to an activating group) is 1. The first-order chi connectivity index (χ1) is 8.38. The lowest BCUT2D eigenvalue weighted by atomic mass is 9.93. The number of hydrogen-bond acceptors (Lipinski definition) is 3. The van der Waals surface area contributed by atoms with Gasteiger partial charge in [-0.3, -0.25) is 0 Å². The van der Waals surface area contributed by atoms with Crippen molar-refractivity contribution in [3.63, 3.8) is 0 Å². The van der Waals surface area contributed by atoms with Crippen LogP contribution in [-0.4, -0.2) is 17.6 Å². The van der Waals surface area contributed by atoms with E-state index in [0.29, 0.717) is 6.04 Å². The number of thiazole rings is 1. The van der Waals surface area contributed by atoms with Crippen molar-refractivity contribution in [3.05, 3.63) is 28.2 Å². The highest BCUT2D eigenvalue weighted by Gasteiger charge is 2.13. The van der Waals surface area contributed by atoms with Gasteiger partial charge in [-0.1, -0.05) is 18.6 Å². The summed E-state index contributed by atoms with van der Waals surface area (Å²) in [6.45, 7) is 3.23. The number of hydrogen-bond donors (Lipinski definition) is 1. The summed E-state index contributed by atoms with van der Waals surface area (Å²) < 4.78 is 0. The van der Waals surface area contributed by atoms with Crippen LogP contribution in [0.2, 0.25) is 0 Å². The molecule has 0 saturated carbocycles. The van der Waals surface area contributed by atoms with Crippen LogP contribution in [0.5, 0.6) is 0 Å². The average Bonchev–Trinajstić information content (AvgIpc) is 2.83. The molecule has 1 heterocycles. The van der Waals surface area contributed by atoms with Crippen LogP contribution < -0.4 is 5.32 Å². The minimum absolute atomic E-state index is 0.565. The fourth-order valence-corrected chi connectivity index (χ4v) is 3.17. The van der Waals surface area contributed by atoms with Gasteiger partial charge >= 0.3 is 0 Å². The Balaban J connectivity index is 1.89. The quantitative estimate of drug-likeness (QED) is 0.781. The molecule has 17 heavy (non-hydrogen) atoms. The van der Waals surface area contributed by atoms with Gasteiger partial charge in [0.2, 0.25) is 0 Å². The van der Waals surface area contributed by atoms with Crippen molar-refractivity contribution < 1.29 is 0 Å². The van der Waals surface area contributed by atoms with E-state index in [4.69, 9.17) is 0 Å². The van der Waals surface area contributed by atoms with Crippen molar-refractivity contribution in [2.24, 2.45) is 0 Å². The Kier molecular flexibility index (Phi) is 5.20. The standard InChI is InChI=1S/C14H22N2S/c1-2-15-13(11-14-16-8-9-17-14)10-12-6-4-3-5-7-12/h6,8-9,13,15H,2-5,7,10-11H2,1H3. The molecular formula is C14H22N2S. The molecule has 3 heteroatoms. The molecule has 1 aromatic rings. The van der Waals surface area contributed by atoms with Gasteiger partial charge in [-0.25, -0.2) is 4.98 Å². The smallest absolute Gasteiger partial charge is 0.0940 e. The van der Waals surface area contributed by atoms with Gasteiger partial charge in [0.25, 0.3) is 0 Å². The minimum atomic E-state index is 0.565. The summed E-state index contributed by atoms with van der Waals surface area (Å²) >= 11 is 1.77. The summed E-state index contributed by atoms with van der Waals surface area (Å²) in [6.07, 6.45) is 12.0. The zero-order valence-electron chi connectivity index (χ0n) is 10.6. The Morgan fingerprint density at radius 1 is 1.41 bits per heavy atom. The molecule has 1 aliphatic rings. The van der Waals surface area contributed by atoms with Crippen LogP contribution in [0.15, 0.2) is 23.2 Å². The van der Waals surface area contributed by atoms with Crippen molar-refractivity contribution in [2.45, 2.75) is 51.5 Å².